The van der Waals surface area contributed by atoms with Gasteiger partial charge in [0.05, 0.1) is 12.1 Å². The van der Waals surface area contributed by atoms with E-state index >= 15 is 0 Å². The lowest BCUT2D eigenvalue weighted by Crippen LogP contribution is -2.63. The van der Waals surface area contributed by atoms with Crippen molar-refractivity contribution >= 4 is 5.78 Å². The molecule has 0 aliphatic carbocycles. The topological polar surface area (TPSA) is 32.8 Å². The Bertz CT molecular complexity index is 281. The largest absolute Gasteiger partial charge is 0.378 e. The molecule has 4 aliphatic rings. The van der Waals surface area contributed by atoms with E-state index in [1.807, 2.05) is 0 Å². The van der Waals surface area contributed by atoms with Gasteiger partial charge >= 0.3 is 0 Å². The minimum atomic E-state index is 0.180. The Hall–Kier alpha value is -0.450. The molecule has 4 nitrogen and oxygen atoms in total. The molecule has 4 saturated heterocycles. The Kier molecular flexibility index (Phi) is 3.45. The highest BCUT2D eigenvalue weighted by molar-refractivity contribution is 5.84. The second-order valence-electron chi connectivity index (χ2n) is 5.49. The number of ether oxygens (including phenoxy) is 1. The first-order valence-corrected chi connectivity index (χ1v) is 6.93. The van der Waals surface area contributed by atoms with Gasteiger partial charge in [-0.05, 0) is 19.3 Å². The number of Topliss-reactive ketones (excluding diaryl/α,β-unsaturated/α-hetero) is 1. The van der Waals surface area contributed by atoms with Crippen LogP contribution in [-0.2, 0) is 9.53 Å². The van der Waals surface area contributed by atoms with E-state index in [2.05, 4.69) is 9.80 Å². The first-order valence-electron chi connectivity index (χ1n) is 6.93. The van der Waals surface area contributed by atoms with E-state index in [4.69, 9.17) is 4.74 Å². The third-order valence-corrected chi connectivity index (χ3v) is 4.39. The molecule has 0 aromatic heterocycles. The summed E-state index contributed by atoms with van der Waals surface area (Å²) in [6.45, 7) is 6.31. The molecule has 0 spiro atoms. The lowest BCUT2D eigenvalue weighted by atomic mass is 9.98. The molecule has 0 amide bonds. The van der Waals surface area contributed by atoms with Crippen molar-refractivity contribution in [2.24, 2.45) is 0 Å². The van der Waals surface area contributed by atoms with E-state index < -0.39 is 0 Å². The summed E-state index contributed by atoms with van der Waals surface area (Å²) in [5.41, 5.74) is 0. The first-order chi connectivity index (χ1) is 8.33. The van der Waals surface area contributed by atoms with Crippen molar-refractivity contribution < 1.29 is 9.53 Å². The van der Waals surface area contributed by atoms with Gasteiger partial charge in [0.25, 0.3) is 0 Å². The normalized spacial score (nSPS) is 40.7. The number of carbonyl (C=O) groups is 1. The summed E-state index contributed by atoms with van der Waals surface area (Å²) in [5, 5.41) is 0. The molecule has 4 aliphatic heterocycles. The number of rotatable bonds is 4. The van der Waals surface area contributed by atoms with Crippen LogP contribution in [0.4, 0.5) is 0 Å². The van der Waals surface area contributed by atoms with Crippen molar-refractivity contribution in [2.75, 3.05) is 39.3 Å². The second kappa shape index (κ2) is 5.04. The third-order valence-electron chi connectivity index (χ3n) is 4.39. The van der Waals surface area contributed by atoms with E-state index in [1.54, 1.807) is 0 Å². The Morgan fingerprint density at radius 2 is 2.06 bits per heavy atom. The highest BCUT2D eigenvalue weighted by Crippen LogP contribution is 2.21. The summed E-state index contributed by atoms with van der Waals surface area (Å²) in [6.07, 6.45) is 4.31. The molecule has 0 aromatic rings. The zero-order valence-electron chi connectivity index (χ0n) is 10.4. The van der Waals surface area contributed by atoms with Gasteiger partial charge in [-0.15, -0.1) is 0 Å². The van der Waals surface area contributed by atoms with Gasteiger partial charge in [0.2, 0.25) is 0 Å². The van der Waals surface area contributed by atoms with Gasteiger partial charge in [-0.3, -0.25) is 14.6 Å². The van der Waals surface area contributed by atoms with E-state index in [0.29, 0.717) is 18.3 Å². The van der Waals surface area contributed by atoms with Gasteiger partial charge in [0.15, 0.2) is 5.78 Å². The van der Waals surface area contributed by atoms with Crippen LogP contribution in [0, 0.1) is 0 Å². The number of carbonyl (C=O) groups excluding carboxylic acids is 1. The molecule has 0 radical (unpaired) electrons. The van der Waals surface area contributed by atoms with Crippen LogP contribution in [0.5, 0.6) is 0 Å². The maximum atomic E-state index is 12.2. The van der Waals surface area contributed by atoms with Crippen LogP contribution >= 0.6 is 0 Å². The molecule has 2 bridgehead atoms. The first kappa shape index (κ1) is 11.6. The van der Waals surface area contributed by atoms with E-state index in [1.165, 1.54) is 6.42 Å². The number of nitrogens with zero attached hydrogens (tertiary/aromatic N) is 2. The smallest absolute Gasteiger partial charge is 0.151 e. The van der Waals surface area contributed by atoms with Gasteiger partial charge < -0.3 is 4.74 Å². The molecule has 4 rings (SSSR count). The Morgan fingerprint density at radius 1 is 1.24 bits per heavy atom. The zero-order valence-corrected chi connectivity index (χ0v) is 10.4. The number of hydrogen-bond donors (Lipinski definition) is 0. The predicted octanol–water partition coefficient (Wildman–Crippen LogP) is 0.514. The van der Waals surface area contributed by atoms with Crippen molar-refractivity contribution in [1.82, 2.24) is 9.80 Å². The standard InChI is InChI=1S/C13H22N2O2/c16-13(4-3-11-2-1-9-17-11)12-10-14-5-7-15(12)8-6-14/h11-12H,1-10H2. The maximum absolute atomic E-state index is 12.2. The predicted molar refractivity (Wildman–Crippen MR) is 65.0 cm³/mol. The number of piperazine rings is 3. The number of ketones is 1. The molecular formula is C13H22N2O2. The Morgan fingerprint density at radius 3 is 2.65 bits per heavy atom. The van der Waals surface area contributed by atoms with Crippen molar-refractivity contribution in [1.29, 1.82) is 0 Å². The maximum Gasteiger partial charge on any atom is 0.151 e. The molecule has 4 fully saturated rings. The van der Waals surface area contributed by atoms with Gasteiger partial charge in [-0.2, -0.15) is 0 Å². The minimum absolute atomic E-state index is 0.180. The fourth-order valence-electron chi connectivity index (χ4n) is 3.26. The van der Waals surface area contributed by atoms with Crippen LogP contribution < -0.4 is 0 Å². The van der Waals surface area contributed by atoms with Crippen LogP contribution in [-0.4, -0.2) is 67.1 Å². The van der Waals surface area contributed by atoms with Crippen LogP contribution in [0.3, 0.4) is 0 Å². The average molecular weight is 238 g/mol. The van der Waals surface area contributed by atoms with Gasteiger partial charge in [-0.25, -0.2) is 0 Å². The second-order valence-corrected chi connectivity index (χ2v) is 5.49. The summed E-state index contributed by atoms with van der Waals surface area (Å²) >= 11 is 0. The zero-order chi connectivity index (χ0) is 11.7. The summed E-state index contributed by atoms with van der Waals surface area (Å²) in [4.78, 5) is 17.0. The molecule has 2 atom stereocenters. The minimum Gasteiger partial charge on any atom is -0.378 e. The third kappa shape index (κ3) is 2.54. The summed E-state index contributed by atoms with van der Waals surface area (Å²) < 4.78 is 5.58. The van der Waals surface area contributed by atoms with Crippen LogP contribution in [0.1, 0.15) is 25.7 Å². The van der Waals surface area contributed by atoms with Gasteiger partial charge in [-0.1, -0.05) is 0 Å². The average Bonchev–Trinajstić information content (AvgIpc) is 2.90. The number of hydrogen-bond acceptors (Lipinski definition) is 4. The molecule has 4 heteroatoms. The van der Waals surface area contributed by atoms with Crippen molar-refractivity contribution in [2.45, 2.75) is 37.8 Å². The van der Waals surface area contributed by atoms with Crippen molar-refractivity contribution in [3.63, 3.8) is 0 Å². The molecule has 2 unspecified atom stereocenters. The van der Waals surface area contributed by atoms with Crippen LogP contribution in [0.15, 0.2) is 0 Å². The fraction of sp³-hybridized carbons (Fsp3) is 0.923. The highest BCUT2D eigenvalue weighted by atomic mass is 16.5. The van der Waals surface area contributed by atoms with E-state index in [9.17, 15) is 4.79 Å². The molecule has 0 N–H and O–H groups in total. The quantitative estimate of drug-likeness (QED) is 0.714. The Balaban J connectivity index is 1.48. The monoisotopic (exact) mass is 238 g/mol. The molecule has 0 saturated carbocycles. The van der Waals surface area contributed by atoms with Gasteiger partial charge in [0, 0.05) is 45.8 Å². The summed E-state index contributed by atoms with van der Waals surface area (Å²) in [7, 11) is 0. The van der Waals surface area contributed by atoms with Crippen molar-refractivity contribution in [3.8, 4) is 0 Å². The molecule has 0 aromatic carbocycles. The summed E-state index contributed by atoms with van der Waals surface area (Å²) in [5.74, 6) is 0.435. The fourth-order valence-corrected chi connectivity index (χ4v) is 3.26. The molecule has 4 heterocycles. The molecular weight excluding hydrogens is 216 g/mol. The SMILES string of the molecule is O=C(CCC1CCCO1)C1CN2CCN1CC2. The van der Waals surface area contributed by atoms with E-state index in [0.717, 1.165) is 52.2 Å². The molecule has 17 heavy (non-hydrogen) atoms. The summed E-state index contributed by atoms with van der Waals surface area (Å²) in [6, 6.07) is 0.180. The Labute approximate surface area is 103 Å². The highest BCUT2D eigenvalue weighted by Gasteiger charge is 2.35. The van der Waals surface area contributed by atoms with Crippen molar-refractivity contribution in [3.05, 3.63) is 0 Å². The number of fused-ring (bicyclic) bond motifs is 3. The lowest BCUT2D eigenvalue weighted by molar-refractivity contribution is -0.130. The molecule has 96 valence electrons. The lowest BCUT2D eigenvalue weighted by Gasteiger charge is -2.46. The van der Waals surface area contributed by atoms with Crippen LogP contribution in [0.2, 0.25) is 0 Å². The van der Waals surface area contributed by atoms with E-state index in [-0.39, 0.29) is 6.04 Å². The van der Waals surface area contributed by atoms with Gasteiger partial charge in [0.1, 0.15) is 0 Å². The van der Waals surface area contributed by atoms with Crippen LogP contribution in [0.25, 0.3) is 0 Å².